The molecule has 0 saturated heterocycles. The Balaban J connectivity index is 1.95. The molecule has 0 amide bonds. The molecule has 2 aromatic heterocycles. The summed E-state index contributed by atoms with van der Waals surface area (Å²) in [5.41, 5.74) is 1.04. The number of furan rings is 1. The molecule has 1 N–H and O–H groups in total. The SMILES string of the molecule is C[C@H](NCc1ccncc1Cl)c1ccco1. The minimum atomic E-state index is 0.166. The molecule has 0 saturated carbocycles. The lowest BCUT2D eigenvalue weighted by atomic mass is 10.2. The summed E-state index contributed by atoms with van der Waals surface area (Å²) < 4.78 is 5.31. The molecule has 1 atom stereocenters. The van der Waals surface area contributed by atoms with E-state index in [2.05, 4.69) is 10.3 Å². The van der Waals surface area contributed by atoms with E-state index in [1.165, 1.54) is 0 Å². The standard InChI is InChI=1S/C12H13ClN2O/c1-9(12-3-2-6-16-12)15-7-10-4-5-14-8-11(10)13/h2-6,8-9,15H,7H2,1H3/t9-/m0/s1. The van der Waals surface area contributed by atoms with Crippen LogP contribution in [0.5, 0.6) is 0 Å². The lowest BCUT2D eigenvalue weighted by Gasteiger charge is -2.11. The number of rotatable bonds is 4. The molecular weight excluding hydrogens is 224 g/mol. The molecule has 0 aliphatic rings. The van der Waals surface area contributed by atoms with Gasteiger partial charge in [0, 0.05) is 18.9 Å². The van der Waals surface area contributed by atoms with E-state index in [-0.39, 0.29) is 6.04 Å². The fourth-order valence-corrected chi connectivity index (χ4v) is 1.63. The van der Waals surface area contributed by atoms with Gasteiger partial charge in [-0.25, -0.2) is 0 Å². The first-order valence-electron chi connectivity index (χ1n) is 5.12. The molecule has 0 aromatic carbocycles. The smallest absolute Gasteiger partial charge is 0.120 e. The summed E-state index contributed by atoms with van der Waals surface area (Å²) in [6.07, 6.45) is 5.06. The van der Waals surface area contributed by atoms with Crippen molar-refractivity contribution in [1.29, 1.82) is 0 Å². The van der Waals surface area contributed by atoms with Gasteiger partial charge in [-0.3, -0.25) is 4.98 Å². The maximum absolute atomic E-state index is 6.01. The van der Waals surface area contributed by atoms with Crippen LogP contribution in [0.25, 0.3) is 0 Å². The second-order valence-electron chi connectivity index (χ2n) is 3.59. The van der Waals surface area contributed by atoms with Gasteiger partial charge in [0.15, 0.2) is 0 Å². The quantitative estimate of drug-likeness (QED) is 0.886. The Hall–Kier alpha value is -1.32. The minimum absolute atomic E-state index is 0.166. The van der Waals surface area contributed by atoms with Crippen molar-refractivity contribution in [1.82, 2.24) is 10.3 Å². The molecule has 0 fully saturated rings. The van der Waals surface area contributed by atoms with Crippen molar-refractivity contribution in [2.45, 2.75) is 19.5 Å². The predicted octanol–water partition coefficient (Wildman–Crippen LogP) is 3.18. The lowest BCUT2D eigenvalue weighted by Crippen LogP contribution is -2.17. The van der Waals surface area contributed by atoms with E-state index in [0.717, 1.165) is 11.3 Å². The van der Waals surface area contributed by atoms with Gasteiger partial charge in [0.25, 0.3) is 0 Å². The zero-order valence-corrected chi connectivity index (χ0v) is 9.74. The molecular formula is C12H13ClN2O. The van der Waals surface area contributed by atoms with Crippen molar-refractivity contribution in [3.8, 4) is 0 Å². The lowest BCUT2D eigenvalue weighted by molar-refractivity contribution is 0.430. The van der Waals surface area contributed by atoms with Crippen LogP contribution >= 0.6 is 11.6 Å². The molecule has 0 spiro atoms. The van der Waals surface area contributed by atoms with Gasteiger partial charge < -0.3 is 9.73 Å². The van der Waals surface area contributed by atoms with Crippen molar-refractivity contribution >= 4 is 11.6 Å². The fourth-order valence-electron chi connectivity index (χ4n) is 1.45. The van der Waals surface area contributed by atoms with Crippen LogP contribution < -0.4 is 5.32 Å². The average Bonchev–Trinajstić information content (AvgIpc) is 2.81. The van der Waals surface area contributed by atoms with E-state index in [1.807, 2.05) is 25.1 Å². The topological polar surface area (TPSA) is 38.1 Å². The van der Waals surface area contributed by atoms with Crippen molar-refractivity contribution in [3.63, 3.8) is 0 Å². The van der Waals surface area contributed by atoms with Crippen molar-refractivity contribution in [2.75, 3.05) is 0 Å². The molecule has 0 bridgehead atoms. The van der Waals surface area contributed by atoms with Gasteiger partial charge in [-0.1, -0.05) is 11.6 Å². The van der Waals surface area contributed by atoms with E-state index in [1.54, 1.807) is 18.7 Å². The van der Waals surface area contributed by atoms with E-state index in [0.29, 0.717) is 11.6 Å². The number of hydrogen-bond donors (Lipinski definition) is 1. The molecule has 0 radical (unpaired) electrons. The Labute approximate surface area is 99.5 Å². The first-order chi connectivity index (χ1) is 7.77. The van der Waals surface area contributed by atoms with Gasteiger partial charge in [0.05, 0.1) is 17.3 Å². The highest BCUT2D eigenvalue weighted by Crippen LogP contribution is 2.16. The molecule has 0 aliphatic heterocycles. The van der Waals surface area contributed by atoms with Crippen LogP contribution in [0, 0.1) is 0 Å². The Morgan fingerprint density at radius 2 is 2.38 bits per heavy atom. The summed E-state index contributed by atoms with van der Waals surface area (Å²) in [6, 6.07) is 5.90. The molecule has 2 heterocycles. The highest BCUT2D eigenvalue weighted by Gasteiger charge is 2.08. The van der Waals surface area contributed by atoms with Gasteiger partial charge in [-0.05, 0) is 30.7 Å². The predicted molar refractivity (Wildman–Crippen MR) is 63.2 cm³/mol. The maximum Gasteiger partial charge on any atom is 0.120 e. The molecule has 4 heteroatoms. The van der Waals surface area contributed by atoms with Gasteiger partial charge in [-0.15, -0.1) is 0 Å². The van der Waals surface area contributed by atoms with Gasteiger partial charge in [-0.2, -0.15) is 0 Å². The third-order valence-corrected chi connectivity index (χ3v) is 2.77. The monoisotopic (exact) mass is 236 g/mol. The van der Waals surface area contributed by atoms with E-state index in [9.17, 15) is 0 Å². The second kappa shape index (κ2) is 5.14. The summed E-state index contributed by atoms with van der Waals surface area (Å²) >= 11 is 6.01. The van der Waals surface area contributed by atoms with Crippen molar-refractivity contribution in [2.24, 2.45) is 0 Å². The first-order valence-corrected chi connectivity index (χ1v) is 5.50. The minimum Gasteiger partial charge on any atom is -0.468 e. The number of nitrogens with zero attached hydrogens (tertiary/aromatic N) is 1. The van der Waals surface area contributed by atoms with Gasteiger partial charge >= 0.3 is 0 Å². The zero-order chi connectivity index (χ0) is 11.4. The van der Waals surface area contributed by atoms with Crippen LogP contribution in [0.1, 0.15) is 24.3 Å². The number of aromatic nitrogens is 1. The first kappa shape index (κ1) is 11.2. The molecule has 0 unspecified atom stereocenters. The average molecular weight is 237 g/mol. The third kappa shape index (κ3) is 2.62. The summed E-state index contributed by atoms with van der Waals surface area (Å²) in [5, 5.41) is 4.02. The summed E-state index contributed by atoms with van der Waals surface area (Å²) in [6.45, 7) is 2.75. The highest BCUT2D eigenvalue weighted by atomic mass is 35.5. The Morgan fingerprint density at radius 3 is 3.06 bits per heavy atom. The number of nitrogens with one attached hydrogen (secondary N) is 1. The summed E-state index contributed by atoms with van der Waals surface area (Å²) in [7, 11) is 0. The van der Waals surface area contributed by atoms with Crippen LogP contribution in [-0.4, -0.2) is 4.98 Å². The molecule has 2 aromatic rings. The van der Waals surface area contributed by atoms with E-state index >= 15 is 0 Å². The molecule has 3 nitrogen and oxygen atoms in total. The Bertz CT molecular complexity index is 442. The van der Waals surface area contributed by atoms with E-state index < -0.39 is 0 Å². The summed E-state index contributed by atoms with van der Waals surface area (Å²) in [5.74, 6) is 0.921. The molecule has 16 heavy (non-hydrogen) atoms. The van der Waals surface area contributed by atoms with Gasteiger partial charge in [0.1, 0.15) is 5.76 Å². The van der Waals surface area contributed by atoms with Crippen molar-refractivity contribution in [3.05, 3.63) is 53.2 Å². The Morgan fingerprint density at radius 1 is 1.50 bits per heavy atom. The largest absolute Gasteiger partial charge is 0.468 e. The van der Waals surface area contributed by atoms with Crippen LogP contribution in [0.3, 0.4) is 0 Å². The van der Waals surface area contributed by atoms with E-state index in [4.69, 9.17) is 16.0 Å². The molecule has 84 valence electrons. The Kier molecular flexibility index (Phi) is 3.59. The second-order valence-corrected chi connectivity index (χ2v) is 3.99. The van der Waals surface area contributed by atoms with Crippen LogP contribution in [0.2, 0.25) is 5.02 Å². The molecule has 2 rings (SSSR count). The van der Waals surface area contributed by atoms with Crippen LogP contribution in [0.15, 0.2) is 41.3 Å². The fraction of sp³-hybridized carbons (Fsp3) is 0.250. The van der Waals surface area contributed by atoms with Crippen LogP contribution in [0.4, 0.5) is 0 Å². The third-order valence-electron chi connectivity index (χ3n) is 2.43. The number of pyridine rings is 1. The number of hydrogen-bond acceptors (Lipinski definition) is 3. The van der Waals surface area contributed by atoms with Crippen molar-refractivity contribution < 1.29 is 4.42 Å². The van der Waals surface area contributed by atoms with Gasteiger partial charge in [0.2, 0.25) is 0 Å². The van der Waals surface area contributed by atoms with Crippen LogP contribution in [-0.2, 0) is 6.54 Å². The normalized spacial score (nSPS) is 12.6. The molecule has 0 aliphatic carbocycles. The number of halogens is 1. The zero-order valence-electron chi connectivity index (χ0n) is 8.98. The maximum atomic E-state index is 6.01. The highest BCUT2D eigenvalue weighted by molar-refractivity contribution is 6.31. The summed E-state index contributed by atoms with van der Waals surface area (Å²) in [4.78, 5) is 3.94.